The predicted molar refractivity (Wildman–Crippen MR) is 63.4 cm³/mol. The van der Waals surface area contributed by atoms with Crippen LogP contribution < -0.4 is 10.6 Å². The molecule has 1 aliphatic heterocycles. The van der Waals surface area contributed by atoms with Crippen LogP contribution in [0, 0.1) is 0 Å². The summed E-state index contributed by atoms with van der Waals surface area (Å²) in [5, 5.41) is 24.6. The molecule has 0 bridgehead atoms. The monoisotopic (exact) mass is 222 g/mol. The maximum atomic E-state index is 9.30. The van der Waals surface area contributed by atoms with Gasteiger partial charge in [0.2, 0.25) is 0 Å². The largest absolute Gasteiger partial charge is 0.394 e. The quantitative estimate of drug-likeness (QED) is 0.583. The van der Waals surface area contributed by atoms with E-state index in [1.165, 1.54) is 11.1 Å². The summed E-state index contributed by atoms with van der Waals surface area (Å²) in [5.41, 5.74) is 3.72. The average Bonchev–Trinajstić information content (AvgIpc) is 2.35. The topological polar surface area (TPSA) is 64.5 Å². The van der Waals surface area contributed by atoms with E-state index in [2.05, 4.69) is 16.7 Å². The normalized spacial score (nSPS) is 16.6. The molecule has 88 valence electrons. The van der Waals surface area contributed by atoms with Gasteiger partial charge in [0.05, 0.1) is 12.7 Å². The Hall–Kier alpha value is -1.10. The van der Waals surface area contributed by atoms with E-state index in [4.69, 9.17) is 5.11 Å². The number of aliphatic hydroxyl groups excluding tert-OH is 2. The average molecular weight is 222 g/mol. The summed E-state index contributed by atoms with van der Waals surface area (Å²) in [6, 6.07) is 6.16. The number of aliphatic hydroxyl groups is 2. The lowest BCUT2D eigenvalue weighted by molar-refractivity contribution is 0.105. The van der Waals surface area contributed by atoms with E-state index in [1.807, 2.05) is 12.1 Å². The minimum atomic E-state index is -0.697. The van der Waals surface area contributed by atoms with Gasteiger partial charge in [-0.05, 0) is 30.2 Å². The van der Waals surface area contributed by atoms with Gasteiger partial charge in [0, 0.05) is 18.8 Å². The van der Waals surface area contributed by atoms with Crippen molar-refractivity contribution in [3.05, 3.63) is 29.3 Å². The van der Waals surface area contributed by atoms with Crippen LogP contribution in [0.1, 0.15) is 11.1 Å². The lowest BCUT2D eigenvalue weighted by atomic mass is 9.99. The molecule has 0 spiro atoms. The van der Waals surface area contributed by atoms with E-state index in [-0.39, 0.29) is 6.61 Å². The number of hydrogen-bond donors (Lipinski definition) is 4. The number of nitrogens with one attached hydrogen (secondary N) is 2. The summed E-state index contributed by atoms with van der Waals surface area (Å²) in [6.07, 6.45) is 0.311. The minimum absolute atomic E-state index is 0.205. The molecular formula is C12H18N2O2. The van der Waals surface area contributed by atoms with Gasteiger partial charge < -0.3 is 20.8 Å². The van der Waals surface area contributed by atoms with Crippen LogP contribution in [0.15, 0.2) is 18.2 Å². The van der Waals surface area contributed by atoms with Crippen LogP contribution in [0.5, 0.6) is 0 Å². The van der Waals surface area contributed by atoms with Crippen LogP contribution in [0.25, 0.3) is 0 Å². The molecule has 1 heterocycles. The second-order valence-electron chi connectivity index (χ2n) is 4.09. The van der Waals surface area contributed by atoms with Crippen molar-refractivity contribution in [2.45, 2.75) is 19.1 Å². The first-order valence-electron chi connectivity index (χ1n) is 5.65. The Labute approximate surface area is 95.3 Å². The molecule has 16 heavy (non-hydrogen) atoms. The Morgan fingerprint density at radius 1 is 1.44 bits per heavy atom. The van der Waals surface area contributed by atoms with Gasteiger partial charge in [0.25, 0.3) is 0 Å². The van der Waals surface area contributed by atoms with Crippen LogP contribution in [-0.2, 0) is 13.0 Å². The van der Waals surface area contributed by atoms with Crippen molar-refractivity contribution in [1.82, 2.24) is 5.32 Å². The molecule has 1 aromatic carbocycles. The molecule has 4 N–H and O–H groups in total. The number of anilines is 1. The fraction of sp³-hybridized carbons (Fsp3) is 0.500. The molecule has 0 aliphatic carbocycles. The third kappa shape index (κ3) is 2.52. The lowest BCUT2D eigenvalue weighted by Gasteiger charge is -2.21. The molecular weight excluding hydrogens is 204 g/mol. The Morgan fingerprint density at radius 2 is 2.31 bits per heavy atom. The first-order valence-corrected chi connectivity index (χ1v) is 5.65. The Morgan fingerprint density at radius 3 is 3.12 bits per heavy atom. The van der Waals surface area contributed by atoms with Gasteiger partial charge in [-0.2, -0.15) is 0 Å². The number of rotatable bonds is 4. The van der Waals surface area contributed by atoms with Crippen LogP contribution in [0.2, 0.25) is 0 Å². The molecule has 1 aromatic rings. The van der Waals surface area contributed by atoms with E-state index < -0.39 is 6.10 Å². The third-order valence-corrected chi connectivity index (χ3v) is 2.88. The van der Waals surface area contributed by atoms with Crippen molar-refractivity contribution in [2.24, 2.45) is 0 Å². The van der Waals surface area contributed by atoms with Crippen LogP contribution in [-0.4, -0.2) is 36.0 Å². The first kappa shape index (κ1) is 11.4. The second kappa shape index (κ2) is 5.30. The maximum absolute atomic E-state index is 9.30. The standard InChI is InChI=1S/C12H18N2O2/c15-8-10(16)7-14-12-3-1-2-9-6-13-5-4-11(9)12/h1-3,10,13-16H,4-8H2. The van der Waals surface area contributed by atoms with Crippen LogP contribution in [0.3, 0.4) is 0 Å². The molecule has 0 radical (unpaired) electrons. The fourth-order valence-corrected chi connectivity index (χ4v) is 1.99. The van der Waals surface area contributed by atoms with Gasteiger partial charge in [0.1, 0.15) is 0 Å². The number of hydrogen-bond acceptors (Lipinski definition) is 4. The predicted octanol–water partition coefficient (Wildman–Crippen LogP) is 0.0974. The van der Waals surface area contributed by atoms with Crippen LogP contribution in [0.4, 0.5) is 5.69 Å². The summed E-state index contributed by atoms with van der Waals surface area (Å²) in [5.74, 6) is 0. The van der Waals surface area contributed by atoms with E-state index in [9.17, 15) is 5.11 Å². The van der Waals surface area contributed by atoms with E-state index in [0.717, 1.165) is 25.2 Å². The molecule has 1 atom stereocenters. The SMILES string of the molecule is OCC(O)CNc1cccc2c1CCNC2. The van der Waals surface area contributed by atoms with E-state index >= 15 is 0 Å². The highest BCUT2D eigenvalue weighted by atomic mass is 16.3. The molecule has 1 unspecified atom stereocenters. The molecule has 0 fully saturated rings. The summed E-state index contributed by atoms with van der Waals surface area (Å²) < 4.78 is 0. The molecule has 0 saturated heterocycles. The molecule has 4 nitrogen and oxygen atoms in total. The van der Waals surface area contributed by atoms with Crippen molar-refractivity contribution in [3.8, 4) is 0 Å². The highest BCUT2D eigenvalue weighted by Gasteiger charge is 2.12. The molecule has 0 aromatic heterocycles. The number of fused-ring (bicyclic) bond motifs is 1. The molecule has 0 saturated carbocycles. The zero-order valence-electron chi connectivity index (χ0n) is 9.24. The van der Waals surface area contributed by atoms with E-state index in [1.54, 1.807) is 0 Å². The van der Waals surface area contributed by atoms with Gasteiger partial charge in [-0.1, -0.05) is 12.1 Å². The molecule has 1 aliphatic rings. The Balaban J connectivity index is 2.08. The smallest absolute Gasteiger partial charge is 0.0942 e. The molecule has 0 amide bonds. The third-order valence-electron chi connectivity index (χ3n) is 2.88. The zero-order valence-corrected chi connectivity index (χ0v) is 9.24. The second-order valence-corrected chi connectivity index (χ2v) is 4.09. The van der Waals surface area contributed by atoms with Gasteiger partial charge in [-0.3, -0.25) is 0 Å². The first-order chi connectivity index (χ1) is 7.81. The maximum Gasteiger partial charge on any atom is 0.0942 e. The van der Waals surface area contributed by atoms with Gasteiger partial charge in [-0.15, -0.1) is 0 Å². The minimum Gasteiger partial charge on any atom is -0.394 e. The lowest BCUT2D eigenvalue weighted by Crippen LogP contribution is -2.27. The van der Waals surface area contributed by atoms with Gasteiger partial charge in [-0.25, -0.2) is 0 Å². The summed E-state index contributed by atoms with van der Waals surface area (Å²) >= 11 is 0. The van der Waals surface area contributed by atoms with Crippen LogP contribution >= 0.6 is 0 Å². The van der Waals surface area contributed by atoms with Crippen molar-refractivity contribution in [2.75, 3.05) is 25.0 Å². The Bertz CT molecular complexity index is 355. The highest BCUT2D eigenvalue weighted by molar-refractivity contribution is 5.55. The van der Waals surface area contributed by atoms with Crippen molar-refractivity contribution >= 4 is 5.69 Å². The fourth-order valence-electron chi connectivity index (χ4n) is 1.99. The Kier molecular flexibility index (Phi) is 3.77. The van der Waals surface area contributed by atoms with Crippen molar-refractivity contribution in [1.29, 1.82) is 0 Å². The molecule has 2 rings (SSSR count). The van der Waals surface area contributed by atoms with Crippen molar-refractivity contribution < 1.29 is 10.2 Å². The molecule has 4 heteroatoms. The summed E-state index contributed by atoms with van der Waals surface area (Å²) in [4.78, 5) is 0. The van der Waals surface area contributed by atoms with Crippen molar-refractivity contribution in [3.63, 3.8) is 0 Å². The van der Waals surface area contributed by atoms with Gasteiger partial charge >= 0.3 is 0 Å². The highest BCUT2D eigenvalue weighted by Crippen LogP contribution is 2.22. The summed E-state index contributed by atoms with van der Waals surface area (Å²) in [7, 11) is 0. The van der Waals surface area contributed by atoms with E-state index in [0.29, 0.717) is 6.54 Å². The summed E-state index contributed by atoms with van der Waals surface area (Å²) in [6.45, 7) is 2.09. The number of benzene rings is 1. The zero-order chi connectivity index (χ0) is 11.4. The van der Waals surface area contributed by atoms with Gasteiger partial charge in [0.15, 0.2) is 0 Å².